The Morgan fingerprint density at radius 2 is 0.541 bits per heavy atom. The summed E-state index contributed by atoms with van der Waals surface area (Å²) in [5.41, 5.74) is 4.61. The summed E-state index contributed by atoms with van der Waals surface area (Å²) < 4.78 is 34.1. The Morgan fingerprint density at radius 1 is 0.311 bits per heavy atom. The number of esters is 2. The van der Waals surface area contributed by atoms with Crippen molar-refractivity contribution in [1.82, 2.24) is 0 Å². The molecule has 0 saturated heterocycles. The average molecular weight is 837 g/mol. The molecule has 8 nitrogen and oxygen atoms in total. The highest BCUT2D eigenvalue weighted by Crippen LogP contribution is 2.27. The molecule has 4 rings (SSSR count). The number of carbonyl (C=O) groups is 2. The SMILES string of the molecule is CCCCCCOc1ccc(-c2ccc(OCCCCCCCOC(=O)CC(=O)OCCCCCCCOc3ccc(-c4ccc(OCCCCCC)cc4)cc3)cc2)cc1. The summed E-state index contributed by atoms with van der Waals surface area (Å²) in [6, 6.07) is 33.0. The summed E-state index contributed by atoms with van der Waals surface area (Å²) in [5, 5.41) is 0. The van der Waals surface area contributed by atoms with Gasteiger partial charge in [0.1, 0.15) is 29.4 Å². The number of ether oxygens (including phenoxy) is 6. The number of rotatable bonds is 34. The molecule has 0 spiro atoms. The zero-order valence-electron chi connectivity index (χ0n) is 37.2. The van der Waals surface area contributed by atoms with Crippen LogP contribution in [0.1, 0.15) is 136 Å². The maximum atomic E-state index is 12.1. The topological polar surface area (TPSA) is 89.5 Å². The van der Waals surface area contributed by atoms with Gasteiger partial charge in [-0.1, -0.05) is 139 Å². The molecule has 0 radical (unpaired) electrons. The molecule has 0 unspecified atom stereocenters. The Hall–Kier alpha value is -4.98. The predicted molar refractivity (Wildman–Crippen MR) is 247 cm³/mol. The number of hydrogen-bond acceptors (Lipinski definition) is 8. The van der Waals surface area contributed by atoms with Crippen LogP contribution in [-0.2, 0) is 19.1 Å². The molecule has 0 amide bonds. The fraction of sp³-hybridized carbons (Fsp3) is 0.509. The summed E-state index contributed by atoms with van der Waals surface area (Å²) >= 11 is 0. The molecular formula is C53H72O8. The molecule has 0 N–H and O–H groups in total. The van der Waals surface area contributed by atoms with Crippen LogP contribution < -0.4 is 18.9 Å². The zero-order chi connectivity index (χ0) is 43.0. The van der Waals surface area contributed by atoms with Crippen LogP contribution in [0, 0.1) is 0 Å². The summed E-state index contributed by atoms with van der Waals surface area (Å²) in [6.45, 7) is 7.95. The third kappa shape index (κ3) is 21.4. The van der Waals surface area contributed by atoms with Crippen molar-refractivity contribution in [2.45, 2.75) is 136 Å². The van der Waals surface area contributed by atoms with Crippen LogP contribution in [0.25, 0.3) is 22.3 Å². The van der Waals surface area contributed by atoms with Gasteiger partial charge in [-0.25, -0.2) is 0 Å². The van der Waals surface area contributed by atoms with E-state index in [4.69, 9.17) is 28.4 Å². The summed E-state index contributed by atoms with van der Waals surface area (Å²) in [6.07, 6.45) is 18.8. The molecule has 0 saturated carbocycles. The second-order valence-corrected chi connectivity index (χ2v) is 15.8. The van der Waals surface area contributed by atoms with E-state index in [1.165, 1.54) is 38.5 Å². The highest BCUT2D eigenvalue weighted by Gasteiger charge is 2.12. The van der Waals surface area contributed by atoms with Crippen LogP contribution in [0.4, 0.5) is 0 Å². The Labute approximate surface area is 366 Å². The molecule has 8 heteroatoms. The van der Waals surface area contributed by atoms with Gasteiger partial charge in [0, 0.05) is 0 Å². The molecule has 0 heterocycles. The molecule has 0 aromatic heterocycles. The molecular weight excluding hydrogens is 765 g/mol. The number of carbonyl (C=O) groups excluding carboxylic acids is 2. The molecule has 0 aliphatic carbocycles. The van der Waals surface area contributed by atoms with Crippen molar-refractivity contribution in [3.63, 3.8) is 0 Å². The van der Waals surface area contributed by atoms with E-state index >= 15 is 0 Å². The van der Waals surface area contributed by atoms with Gasteiger partial charge in [0.2, 0.25) is 0 Å². The molecule has 4 aromatic carbocycles. The lowest BCUT2D eigenvalue weighted by Gasteiger charge is -2.09. The third-order valence-electron chi connectivity index (χ3n) is 10.5. The van der Waals surface area contributed by atoms with Gasteiger partial charge in [-0.2, -0.15) is 0 Å². The van der Waals surface area contributed by atoms with Crippen molar-refractivity contribution >= 4 is 11.9 Å². The van der Waals surface area contributed by atoms with Crippen molar-refractivity contribution in [3.05, 3.63) is 97.1 Å². The van der Waals surface area contributed by atoms with Gasteiger partial charge in [0.25, 0.3) is 0 Å². The zero-order valence-corrected chi connectivity index (χ0v) is 37.2. The maximum Gasteiger partial charge on any atom is 0.317 e. The minimum atomic E-state index is -0.522. The second-order valence-electron chi connectivity index (χ2n) is 15.8. The molecule has 0 aliphatic rings. The summed E-state index contributed by atoms with van der Waals surface area (Å²) in [5.74, 6) is 2.53. The van der Waals surface area contributed by atoms with E-state index in [1.54, 1.807) is 0 Å². The quantitative estimate of drug-likeness (QED) is 0.0261. The average Bonchev–Trinajstić information content (AvgIpc) is 3.28. The van der Waals surface area contributed by atoms with Crippen LogP contribution in [0.5, 0.6) is 23.0 Å². The van der Waals surface area contributed by atoms with E-state index < -0.39 is 11.9 Å². The van der Waals surface area contributed by atoms with Crippen molar-refractivity contribution in [2.24, 2.45) is 0 Å². The first kappa shape index (κ1) is 48.7. The molecule has 0 bridgehead atoms. The van der Waals surface area contributed by atoms with Gasteiger partial charge in [-0.05, 0) is 109 Å². The first-order chi connectivity index (χ1) is 30.0. The van der Waals surface area contributed by atoms with Crippen molar-refractivity contribution in [1.29, 1.82) is 0 Å². The van der Waals surface area contributed by atoms with Crippen LogP contribution in [0.2, 0.25) is 0 Å². The van der Waals surface area contributed by atoms with Crippen LogP contribution in [0.3, 0.4) is 0 Å². The van der Waals surface area contributed by atoms with Gasteiger partial charge >= 0.3 is 11.9 Å². The second kappa shape index (κ2) is 31.0. The van der Waals surface area contributed by atoms with Crippen LogP contribution in [-0.4, -0.2) is 51.6 Å². The van der Waals surface area contributed by atoms with E-state index in [0.29, 0.717) is 26.4 Å². The summed E-state index contributed by atoms with van der Waals surface area (Å²) in [4.78, 5) is 24.1. The van der Waals surface area contributed by atoms with E-state index in [-0.39, 0.29) is 6.42 Å². The Morgan fingerprint density at radius 3 is 0.803 bits per heavy atom. The van der Waals surface area contributed by atoms with Crippen molar-refractivity contribution < 1.29 is 38.0 Å². The smallest absolute Gasteiger partial charge is 0.317 e. The fourth-order valence-electron chi connectivity index (χ4n) is 6.85. The van der Waals surface area contributed by atoms with Crippen LogP contribution >= 0.6 is 0 Å². The minimum absolute atomic E-state index is 0.322. The lowest BCUT2D eigenvalue weighted by molar-refractivity contribution is -0.154. The molecule has 0 fully saturated rings. The Kier molecular flexibility index (Phi) is 24.7. The molecule has 0 aliphatic heterocycles. The first-order valence-corrected chi connectivity index (χ1v) is 23.3. The molecule has 0 atom stereocenters. The van der Waals surface area contributed by atoms with Gasteiger partial charge in [0.05, 0.1) is 39.6 Å². The minimum Gasteiger partial charge on any atom is -0.494 e. The lowest BCUT2D eigenvalue weighted by Crippen LogP contribution is -2.15. The third-order valence-corrected chi connectivity index (χ3v) is 10.5. The van der Waals surface area contributed by atoms with Gasteiger partial charge in [0.15, 0.2) is 0 Å². The maximum absolute atomic E-state index is 12.1. The highest BCUT2D eigenvalue weighted by atomic mass is 16.6. The normalized spacial score (nSPS) is 10.9. The van der Waals surface area contributed by atoms with E-state index in [2.05, 4.69) is 62.4 Å². The Bertz CT molecular complexity index is 1590. The van der Waals surface area contributed by atoms with Crippen molar-refractivity contribution in [2.75, 3.05) is 39.6 Å². The van der Waals surface area contributed by atoms with E-state index in [1.807, 2.05) is 48.5 Å². The largest absolute Gasteiger partial charge is 0.494 e. The van der Waals surface area contributed by atoms with Crippen LogP contribution in [0.15, 0.2) is 97.1 Å². The number of unbranched alkanes of at least 4 members (excludes halogenated alkanes) is 14. The standard InChI is InChI=1S/C53H72O8/c1-3-5-7-15-37-56-48-29-21-44(22-30-48)46-25-33-50(34-26-46)58-39-17-11-9-13-19-41-60-52(54)43-53(55)61-42-20-14-10-12-18-40-59-51-35-27-47(28-36-51)45-23-31-49(32-24-45)57-38-16-8-6-4-2/h21-36H,3-20,37-43H2,1-2H3. The predicted octanol–water partition coefficient (Wildman–Crippen LogP) is 13.8. The van der Waals surface area contributed by atoms with E-state index in [0.717, 1.165) is 136 Å². The first-order valence-electron chi connectivity index (χ1n) is 23.3. The van der Waals surface area contributed by atoms with Crippen molar-refractivity contribution in [3.8, 4) is 45.3 Å². The molecule has 4 aromatic rings. The van der Waals surface area contributed by atoms with Gasteiger partial charge in [-0.15, -0.1) is 0 Å². The molecule has 61 heavy (non-hydrogen) atoms. The lowest BCUT2D eigenvalue weighted by atomic mass is 10.1. The number of benzene rings is 4. The van der Waals surface area contributed by atoms with E-state index in [9.17, 15) is 9.59 Å². The fourth-order valence-corrected chi connectivity index (χ4v) is 6.85. The number of hydrogen-bond donors (Lipinski definition) is 0. The Balaban J connectivity index is 0.908. The monoisotopic (exact) mass is 837 g/mol. The molecule has 332 valence electrons. The summed E-state index contributed by atoms with van der Waals surface area (Å²) in [7, 11) is 0. The van der Waals surface area contributed by atoms with Gasteiger partial charge < -0.3 is 28.4 Å². The highest BCUT2D eigenvalue weighted by molar-refractivity contribution is 5.91. The van der Waals surface area contributed by atoms with Gasteiger partial charge in [-0.3, -0.25) is 9.59 Å².